The summed E-state index contributed by atoms with van der Waals surface area (Å²) in [4.78, 5) is 27.3. The van der Waals surface area contributed by atoms with Crippen molar-refractivity contribution in [2.75, 3.05) is 17.2 Å². The summed E-state index contributed by atoms with van der Waals surface area (Å²) in [7, 11) is 0. The van der Waals surface area contributed by atoms with Gasteiger partial charge in [0.2, 0.25) is 5.91 Å². The van der Waals surface area contributed by atoms with Crippen LogP contribution in [-0.4, -0.2) is 28.6 Å². The summed E-state index contributed by atoms with van der Waals surface area (Å²) in [6.45, 7) is 1.44. The molecule has 2 aromatic rings. The molecule has 0 spiro atoms. The van der Waals surface area contributed by atoms with Crippen LogP contribution in [-0.2, 0) is 9.59 Å². The molecule has 8 nitrogen and oxygen atoms in total. The van der Waals surface area contributed by atoms with Gasteiger partial charge in [-0.05, 0) is 31.9 Å². The number of aryl methyl sites for hydroxylation is 1. The Balaban J connectivity index is 1.51. The molecule has 0 aliphatic heterocycles. The SMILES string of the molecule is Cc1noc(NC(=O)COc2cccc(NC(=O)C3CC3)c2)n1. The van der Waals surface area contributed by atoms with E-state index < -0.39 is 5.91 Å². The third kappa shape index (κ3) is 4.29. The van der Waals surface area contributed by atoms with Gasteiger partial charge in [0.15, 0.2) is 12.4 Å². The maximum Gasteiger partial charge on any atom is 0.328 e. The minimum atomic E-state index is -0.416. The van der Waals surface area contributed by atoms with Crippen LogP contribution in [0.1, 0.15) is 18.7 Å². The average molecular weight is 316 g/mol. The van der Waals surface area contributed by atoms with Crippen molar-refractivity contribution in [1.29, 1.82) is 0 Å². The van der Waals surface area contributed by atoms with E-state index in [1.165, 1.54) is 0 Å². The number of amides is 2. The molecule has 2 amide bonds. The van der Waals surface area contributed by atoms with Gasteiger partial charge in [-0.2, -0.15) is 4.98 Å². The molecular formula is C15H16N4O4. The molecule has 120 valence electrons. The van der Waals surface area contributed by atoms with Gasteiger partial charge >= 0.3 is 6.01 Å². The molecule has 0 bridgehead atoms. The first kappa shape index (κ1) is 15.0. The van der Waals surface area contributed by atoms with Crippen molar-refractivity contribution in [3.63, 3.8) is 0 Å². The predicted octanol–water partition coefficient (Wildman–Crippen LogP) is 1.74. The monoisotopic (exact) mass is 316 g/mol. The highest BCUT2D eigenvalue weighted by Gasteiger charge is 2.29. The van der Waals surface area contributed by atoms with Crippen molar-refractivity contribution in [3.05, 3.63) is 30.1 Å². The van der Waals surface area contributed by atoms with Crippen LogP contribution in [0.5, 0.6) is 5.75 Å². The van der Waals surface area contributed by atoms with Gasteiger partial charge in [-0.15, -0.1) is 0 Å². The van der Waals surface area contributed by atoms with Gasteiger partial charge in [0, 0.05) is 17.7 Å². The van der Waals surface area contributed by atoms with Crippen LogP contribution in [0, 0.1) is 12.8 Å². The summed E-state index contributed by atoms with van der Waals surface area (Å²) in [5, 5.41) is 8.82. The molecule has 1 saturated carbocycles. The first-order valence-electron chi connectivity index (χ1n) is 7.24. The fourth-order valence-electron chi connectivity index (χ4n) is 1.91. The Labute approximate surface area is 132 Å². The molecule has 1 aliphatic rings. The zero-order chi connectivity index (χ0) is 16.2. The lowest BCUT2D eigenvalue weighted by Crippen LogP contribution is -2.20. The van der Waals surface area contributed by atoms with Crippen molar-refractivity contribution in [2.24, 2.45) is 5.92 Å². The highest BCUT2D eigenvalue weighted by molar-refractivity contribution is 5.94. The number of nitrogens with one attached hydrogen (secondary N) is 2. The number of hydrogen-bond donors (Lipinski definition) is 2. The van der Waals surface area contributed by atoms with Gasteiger partial charge in [0.25, 0.3) is 5.91 Å². The van der Waals surface area contributed by atoms with Crippen LogP contribution in [0.3, 0.4) is 0 Å². The van der Waals surface area contributed by atoms with Gasteiger partial charge in [0.1, 0.15) is 5.75 Å². The topological polar surface area (TPSA) is 106 Å². The number of rotatable bonds is 6. The maximum atomic E-state index is 11.7. The number of carbonyl (C=O) groups excluding carboxylic acids is 2. The Morgan fingerprint density at radius 1 is 1.35 bits per heavy atom. The zero-order valence-corrected chi connectivity index (χ0v) is 12.5. The minimum Gasteiger partial charge on any atom is -0.484 e. The lowest BCUT2D eigenvalue weighted by atomic mass is 10.3. The van der Waals surface area contributed by atoms with Crippen LogP contribution in [0.4, 0.5) is 11.7 Å². The van der Waals surface area contributed by atoms with E-state index in [1.807, 2.05) is 0 Å². The van der Waals surface area contributed by atoms with Gasteiger partial charge in [0.05, 0.1) is 0 Å². The van der Waals surface area contributed by atoms with Crippen molar-refractivity contribution < 1.29 is 18.8 Å². The van der Waals surface area contributed by atoms with Crippen LogP contribution in [0.2, 0.25) is 0 Å². The molecule has 8 heteroatoms. The van der Waals surface area contributed by atoms with E-state index in [1.54, 1.807) is 31.2 Å². The predicted molar refractivity (Wildman–Crippen MR) is 81.0 cm³/mol. The molecule has 1 heterocycles. The van der Waals surface area contributed by atoms with Crippen LogP contribution in [0.15, 0.2) is 28.8 Å². The molecule has 0 atom stereocenters. The number of ether oxygens (including phenoxy) is 1. The lowest BCUT2D eigenvalue weighted by Gasteiger charge is -2.08. The molecule has 1 aromatic heterocycles. The summed E-state index contributed by atoms with van der Waals surface area (Å²) in [6.07, 6.45) is 1.88. The number of aromatic nitrogens is 2. The third-order valence-corrected chi connectivity index (χ3v) is 3.19. The minimum absolute atomic E-state index is 0.0201. The lowest BCUT2D eigenvalue weighted by molar-refractivity contribution is -0.118. The van der Waals surface area contributed by atoms with E-state index in [4.69, 9.17) is 9.26 Å². The van der Waals surface area contributed by atoms with Gasteiger partial charge in [-0.1, -0.05) is 11.2 Å². The van der Waals surface area contributed by atoms with Crippen molar-refractivity contribution >= 4 is 23.5 Å². The van der Waals surface area contributed by atoms with E-state index in [0.29, 0.717) is 17.3 Å². The van der Waals surface area contributed by atoms with Crippen LogP contribution < -0.4 is 15.4 Å². The molecule has 0 saturated heterocycles. The number of anilines is 2. The van der Waals surface area contributed by atoms with E-state index in [0.717, 1.165) is 12.8 Å². The molecule has 1 fully saturated rings. The second-order valence-corrected chi connectivity index (χ2v) is 5.27. The quantitative estimate of drug-likeness (QED) is 0.841. The standard InChI is InChI=1S/C15H16N4O4/c1-9-16-15(23-19-9)18-13(20)8-22-12-4-2-3-11(7-12)17-14(21)10-5-6-10/h2-4,7,10H,5-6,8H2,1H3,(H,17,21)(H,16,18,19,20). The van der Waals surface area contributed by atoms with E-state index in [-0.39, 0.29) is 24.4 Å². The van der Waals surface area contributed by atoms with Crippen molar-refractivity contribution in [2.45, 2.75) is 19.8 Å². The van der Waals surface area contributed by atoms with Crippen LogP contribution >= 0.6 is 0 Å². The molecule has 3 rings (SSSR count). The highest BCUT2D eigenvalue weighted by Crippen LogP contribution is 2.30. The van der Waals surface area contributed by atoms with Crippen LogP contribution in [0.25, 0.3) is 0 Å². The summed E-state index contributed by atoms with van der Waals surface area (Å²) in [5.41, 5.74) is 0.646. The molecule has 23 heavy (non-hydrogen) atoms. The van der Waals surface area contributed by atoms with Gasteiger partial charge in [-0.25, -0.2) is 0 Å². The Bertz CT molecular complexity index is 724. The Hall–Kier alpha value is -2.90. The molecule has 1 aliphatic carbocycles. The van der Waals surface area contributed by atoms with E-state index in [9.17, 15) is 9.59 Å². The smallest absolute Gasteiger partial charge is 0.328 e. The summed E-state index contributed by atoms with van der Waals surface area (Å²) >= 11 is 0. The first-order chi connectivity index (χ1) is 11.1. The third-order valence-electron chi connectivity index (χ3n) is 3.19. The van der Waals surface area contributed by atoms with Crippen molar-refractivity contribution in [3.8, 4) is 5.75 Å². The molecule has 1 aromatic carbocycles. The largest absolute Gasteiger partial charge is 0.484 e. The molecule has 2 N–H and O–H groups in total. The number of nitrogens with zero attached hydrogens (tertiary/aromatic N) is 2. The summed E-state index contributed by atoms with van der Waals surface area (Å²) in [5.74, 6) is 0.645. The maximum absolute atomic E-state index is 11.7. The van der Waals surface area contributed by atoms with E-state index in [2.05, 4.69) is 20.8 Å². The Kier molecular flexibility index (Phi) is 4.22. The Morgan fingerprint density at radius 3 is 2.87 bits per heavy atom. The molecular weight excluding hydrogens is 300 g/mol. The summed E-state index contributed by atoms with van der Waals surface area (Å²) in [6, 6.07) is 6.92. The van der Waals surface area contributed by atoms with Gasteiger partial charge in [-0.3, -0.25) is 14.9 Å². The van der Waals surface area contributed by atoms with Crippen molar-refractivity contribution in [1.82, 2.24) is 10.1 Å². The van der Waals surface area contributed by atoms with Gasteiger partial charge < -0.3 is 14.6 Å². The molecule has 0 radical (unpaired) electrons. The Morgan fingerprint density at radius 2 is 2.17 bits per heavy atom. The molecule has 0 unspecified atom stereocenters. The first-order valence-corrected chi connectivity index (χ1v) is 7.24. The normalized spacial score (nSPS) is 13.4. The number of hydrogen-bond acceptors (Lipinski definition) is 6. The highest BCUT2D eigenvalue weighted by atomic mass is 16.5. The second-order valence-electron chi connectivity index (χ2n) is 5.27. The van der Waals surface area contributed by atoms with E-state index >= 15 is 0 Å². The second kappa shape index (κ2) is 6.47. The zero-order valence-electron chi connectivity index (χ0n) is 12.5. The fourth-order valence-corrected chi connectivity index (χ4v) is 1.91. The number of benzene rings is 1. The average Bonchev–Trinajstić information content (AvgIpc) is 3.30. The summed E-state index contributed by atoms with van der Waals surface area (Å²) < 4.78 is 10.2. The number of carbonyl (C=O) groups is 2. The fraction of sp³-hybridized carbons (Fsp3) is 0.333.